The molecule has 1 atom stereocenters. The first-order valence-electron chi connectivity index (χ1n) is 4.82. The lowest BCUT2D eigenvalue weighted by molar-refractivity contribution is 0.175. The number of halogens is 1. The monoisotopic (exact) mass is 195 g/mol. The number of hydrogen-bond acceptors (Lipinski definition) is 2. The maximum atomic E-state index is 14.2. The second-order valence-corrected chi connectivity index (χ2v) is 3.94. The second-order valence-electron chi connectivity index (χ2n) is 3.94. The second kappa shape index (κ2) is 3.24. The van der Waals surface area contributed by atoms with Crippen molar-refractivity contribution in [1.29, 1.82) is 0 Å². The van der Waals surface area contributed by atoms with Crippen LogP contribution in [0.3, 0.4) is 0 Å². The third-order valence-corrected chi connectivity index (χ3v) is 2.74. The van der Waals surface area contributed by atoms with E-state index in [9.17, 15) is 9.50 Å². The number of fused-ring (bicyclic) bond motifs is 1. The molecule has 0 saturated carbocycles. The number of rotatable bonds is 0. The largest absolute Gasteiger partial charge is 0.508 e. The van der Waals surface area contributed by atoms with Gasteiger partial charge in [0.2, 0.25) is 0 Å². The van der Waals surface area contributed by atoms with E-state index in [0.717, 1.165) is 5.56 Å². The highest BCUT2D eigenvalue weighted by molar-refractivity contribution is 5.43. The van der Waals surface area contributed by atoms with Crippen LogP contribution in [0.2, 0.25) is 0 Å². The molecular weight excluding hydrogens is 181 g/mol. The molecule has 0 saturated heterocycles. The molecule has 2 N–H and O–H groups in total. The normalized spacial score (nSPS) is 26.7. The minimum Gasteiger partial charge on any atom is -0.508 e. The standard InChI is InChI=1S/C11H14FNO/c1-11(12)5-6-13-7-8-3-2-4-9(14)10(8)11/h2-4,13-14H,5-7H2,1H3. The van der Waals surface area contributed by atoms with Crippen LogP contribution in [-0.2, 0) is 12.2 Å². The number of hydrogen-bond donors (Lipinski definition) is 2. The quantitative estimate of drug-likeness (QED) is 0.664. The van der Waals surface area contributed by atoms with Crippen molar-refractivity contribution < 1.29 is 9.50 Å². The highest BCUT2D eigenvalue weighted by atomic mass is 19.1. The van der Waals surface area contributed by atoms with Gasteiger partial charge in [-0.2, -0.15) is 0 Å². The molecule has 1 aromatic carbocycles. The fraction of sp³-hybridized carbons (Fsp3) is 0.455. The van der Waals surface area contributed by atoms with Crippen LogP contribution >= 0.6 is 0 Å². The third kappa shape index (κ3) is 1.48. The summed E-state index contributed by atoms with van der Waals surface area (Å²) < 4.78 is 14.2. The predicted octanol–water partition coefficient (Wildman–Crippen LogP) is 2.07. The molecule has 1 aliphatic heterocycles. The molecule has 0 spiro atoms. The summed E-state index contributed by atoms with van der Waals surface area (Å²) >= 11 is 0. The van der Waals surface area contributed by atoms with Gasteiger partial charge in [-0.05, 0) is 31.5 Å². The number of aromatic hydroxyl groups is 1. The van der Waals surface area contributed by atoms with Gasteiger partial charge in [0.05, 0.1) is 0 Å². The number of phenols is 1. The average Bonchev–Trinajstić information content (AvgIpc) is 2.25. The summed E-state index contributed by atoms with van der Waals surface area (Å²) in [5.74, 6) is 0.0659. The van der Waals surface area contributed by atoms with E-state index >= 15 is 0 Å². The van der Waals surface area contributed by atoms with E-state index in [1.165, 1.54) is 6.92 Å². The van der Waals surface area contributed by atoms with Crippen molar-refractivity contribution in [2.45, 2.75) is 25.6 Å². The number of phenolic OH excluding ortho intramolecular Hbond substituents is 1. The predicted molar refractivity (Wildman–Crippen MR) is 52.9 cm³/mol. The summed E-state index contributed by atoms with van der Waals surface area (Å²) in [5, 5.41) is 12.8. The Labute approximate surface area is 82.8 Å². The van der Waals surface area contributed by atoms with Gasteiger partial charge in [-0.1, -0.05) is 12.1 Å². The van der Waals surface area contributed by atoms with Crippen LogP contribution in [0.4, 0.5) is 4.39 Å². The zero-order valence-corrected chi connectivity index (χ0v) is 8.18. The zero-order chi connectivity index (χ0) is 10.2. The van der Waals surface area contributed by atoms with Crippen molar-refractivity contribution in [1.82, 2.24) is 5.32 Å². The van der Waals surface area contributed by atoms with Crippen LogP contribution in [0.1, 0.15) is 24.5 Å². The van der Waals surface area contributed by atoms with Gasteiger partial charge in [0.15, 0.2) is 0 Å². The molecular formula is C11H14FNO. The maximum absolute atomic E-state index is 14.2. The summed E-state index contributed by atoms with van der Waals surface area (Å²) in [6.45, 7) is 2.79. The molecule has 0 fully saturated rings. The molecule has 0 aromatic heterocycles. The van der Waals surface area contributed by atoms with E-state index in [1.807, 2.05) is 6.07 Å². The molecule has 2 rings (SSSR count). The SMILES string of the molecule is CC1(F)CCNCc2cccc(O)c21. The van der Waals surface area contributed by atoms with E-state index in [1.54, 1.807) is 12.1 Å². The fourth-order valence-corrected chi connectivity index (χ4v) is 2.01. The Bertz CT molecular complexity index is 349. The van der Waals surface area contributed by atoms with Crippen LogP contribution in [0.25, 0.3) is 0 Å². The average molecular weight is 195 g/mol. The molecule has 1 unspecified atom stereocenters. The minimum atomic E-state index is -1.43. The highest BCUT2D eigenvalue weighted by Crippen LogP contribution is 2.38. The molecule has 1 heterocycles. The van der Waals surface area contributed by atoms with Crippen molar-refractivity contribution in [3.8, 4) is 5.75 Å². The molecule has 0 amide bonds. The first-order chi connectivity index (χ1) is 6.61. The van der Waals surface area contributed by atoms with Crippen LogP contribution in [0.5, 0.6) is 5.75 Å². The summed E-state index contributed by atoms with van der Waals surface area (Å²) in [5.41, 5.74) is -0.123. The Morgan fingerprint density at radius 2 is 2.29 bits per heavy atom. The van der Waals surface area contributed by atoms with Gasteiger partial charge in [0, 0.05) is 12.1 Å². The van der Waals surface area contributed by atoms with Crippen LogP contribution in [-0.4, -0.2) is 11.7 Å². The van der Waals surface area contributed by atoms with Crippen LogP contribution < -0.4 is 5.32 Å². The van der Waals surface area contributed by atoms with Gasteiger partial charge < -0.3 is 10.4 Å². The molecule has 2 nitrogen and oxygen atoms in total. The number of nitrogens with one attached hydrogen (secondary N) is 1. The van der Waals surface area contributed by atoms with Crippen molar-refractivity contribution in [3.63, 3.8) is 0 Å². The molecule has 1 aromatic rings. The summed E-state index contributed by atoms with van der Waals surface area (Å²) in [6.07, 6.45) is 0.400. The summed E-state index contributed by atoms with van der Waals surface area (Å²) in [7, 11) is 0. The Morgan fingerprint density at radius 1 is 1.50 bits per heavy atom. The Kier molecular flexibility index (Phi) is 2.19. The molecule has 0 aliphatic carbocycles. The van der Waals surface area contributed by atoms with Crippen molar-refractivity contribution in [2.24, 2.45) is 0 Å². The Hall–Kier alpha value is -1.09. The van der Waals surface area contributed by atoms with Crippen LogP contribution in [0, 0.1) is 0 Å². The van der Waals surface area contributed by atoms with Crippen LogP contribution in [0.15, 0.2) is 18.2 Å². The van der Waals surface area contributed by atoms with Gasteiger partial charge in [-0.25, -0.2) is 4.39 Å². The topological polar surface area (TPSA) is 32.3 Å². The van der Waals surface area contributed by atoms with Crippen molar-refractivity contribution >= 4 is 0 Å². The van der Waals surface area contributed by atoms with Gasteiger partial charge in [0.1, 0.15) is 11.4 Å². The third-order valence-electron chi connectivity index (χ3n) is 2.74. The first kappa shape index (κ1) is 9.46. The lowest BCUT2D eigenvalue weighted by atomic mass is 9.90. The van der Waals surface area contributed by atoms with E-state index in [2.05, 4.69) is 5.32 Å². The summed E-state index contributed by atoms with van der Waals surface area (Å²) in [4.78, 5) is 0. The van der Waals surface area contributed by atoms with Crippen molar-refractivity contribution in [3.05, 3.63) is 29.3 Å². The van der Waals surface area contributed by atoms with Gasteiger partial charge in [0.25, 0.3) is 0 Å². The van der Waals surface area contributed by atoms with E-state index in [4.69, 9.17) is 0 Å². The lowest BCUT2D eigenvalue weighted by Gasteiger charge is -2.21. The van der Waals surface area contributed by atoms with E-state index in [0.29, 0.717) is 25.1 Å². The number of alkyl halides is 1. The first-order valence-corrected chi connectivity index (χ1v) is 4.82. The lowest BCUT2D eigenvalue weighted by Crippen LogP contribution is -2.18. The fourth-order valence-electron chi connectivity index (χ4n) is 2.01. The molecule has 3 heteroatoms. The van der Waals surface area contributed by atoms with E-state index < -0.39 is 5.67 Å². The number of benzene rings is 1. The Balaban J connectivity index is 2.58. The van der Waals surface area contributed by atoms with E-state index in [-0.39, 0.29) is 5.75 Å². The molecule has 14 heavy (non-hydrogen) atoms. The molecule has 76 valence electrons. The van der Waals surface area contributed by atoms with Gasteiger partial charge >= 0.3 is 0 Å². The molecule has 0 radical (unpaired) electrons. The highest BCUT2D eigenvalue weighted by Gasteiger charge is 2.32. The van der Waals surface area contributed by atoms with Crippen molar-refractivity contribution in [2.75, 3.05) is 6.54 Å². The van der Waals surface area contributed by atoms with Gasteiger partial charge in [-0.15, -0.1) is 0 Å². The minimum absolute atomic E-state index is 0.0659. The molecule has 1 aliphatic rings. The molecule has 0 bridgehead atoms. The van der Waals surface area contributed by atoms with Gasteiger partial charge in [-0.3, -0.25) is 0 Å². The Morgan fingerprint density at radius 3 is 3.07 bits per heavy atom. The maximum Gasteiger partial charge on any atom is 0.138 e. The smallest absolute Gasteiger partial charge is 0.138 e. The summed E-state index contributed by atoms with van der Waals surface area (Å²) in [6, 6.07) is 5.14. The zero-order valence-electron chi connectivity index (χ0n) is 8.18.